The van der Waals surface area contributed by atoms with Crippen LogP contribution < -0.4 is 0 Å². The quantitative estimate of drug-likeness (QED) is 0.401. The predicted molar refractivity (Wildman–Crippen MR) is 74.8 cm³/mol. The molecule has 2 nitrogen and oxygen atoms in total. The molecule has 0 saturated heterocycles. The van der Waals surface area contributed by atoms with Crippen molar-refractivity contribution in [2.24, 2.45) is 0 Å². The summed E-state index contributed by atoms with van der Waals surface area (Å²) in [5.74, 6) is -0.653. The van der Waals surface area contributed by atoms with Crippen molar-refractivity contribution in [1.29, 1.82) is 0 Å². The summed E-state index contributed by atoms with van der Waals surface area (Å²) in [7, 11) is 0. The van der Waals surface area contributed by atoms with Crippen molar-refractivity contribution >= 4 is 20.9 Å². The summed E-state index contributed by atoms with van der Waals surface area (Å²) < 4.78 is 0. The molecule has 0 aliphatic heterocycles. The van der Waals surface area contributed by atoms with Gasteiger partial charge in [-0.3, -0.25) is 0 Å². The Hall–Kier alpha value is -0.0105. The van der Waals surface area contributed by atoms with Gasteiger partial charge in [0, 0.05) is 0 Å². The SMILES string of the molecule is CCCCC[Se]CCCCCCCCC(=O)O. The maximum atomic E-state index is 10.3. The number of carbonyl (C=O) groups is 1. The molecule has 0 bridgehead atoms. The molecule has 0 amide bonds. The molecular weight excluding hydrogens is 279 g/mol. The van der Waals surface area contributed by atoms with Crippen LogP contribution in [0.25, 0.3) is 0 Å². The summed E-state index contributed by atoms with van der Waals surface area (Å²) >= 11 is 0.887. The summed E-state index contributed by atoms with van der Waals surface area (Å²) in [4.78, 5) is 10.3. The molecule has 102 valence electrons. The molecule has 0 fully saturated rings. The number of hydrogen-bond acceptors (Lipinski definition) is 1. The number of hydrogen-bond donors (Lipinski definition) is 1. The Bertz CT molecular complexity index is 172. The van der Waals surface area contributed by atoms with Gasteiger partial charge in [-0.2, -0.15) is 0 Å². The van der Waals surface area contributed by atoms with Crippen LogP contribution in [0.3, 0.4) is 0 Å². The minimum atomic E-state index is -0.653. The summed E-state index contributed by atoms with van der Waals surface area (Å²) in [6, 6.07) is 0. The van der Waals surface area contributed by atoms with E-state index in [4.69, 9.17) is 5.11 Å². The van der Waals surface area contributed by atoms with Crippen molar-refractivity contribution in [3.05, 3.63) is 0 Å². The van der Waals surface area contributed by atoms with Gasteiger partial charge >= 0.3 is 113 Å². The van der Waals surface area contributed by atoms with Crippen molar-refractivity contribution in [3.8, 4) is 0 Å². The van der Waals surface area contributed by atoms with E-state index in [1.807, 2.05) is 0 Å². The third kappa shape index (κ3) is 16.0. The third-order valence-corrected chi connectivity index (χ3v) is 5.24. The molecule has 0 aromatic carbocycles. The summed E-state index contributed by atoms with van der Waals surface area (Å²) in [5.41, 5.74) is 0. The molecule has 0 saturated carbocycles. The Labute approximate surface area is 113 Å². The molecule has 0 aliphatic rings. The average Bonchev–Trinajstić information content (AvgIpc) is 2.30. The van der Waals surface area contributed by atoms with Crippen molar-refractivity contribution in [2.75, 3.05) is 0 Å². The van der Waals surface area contributed by atoms with Crippen LogP contribution in [0, 0.1) is 0 Å². The van der Waals surface area contributed by atoms with E-state index >= 15 is 0 Å². The Kier molecular flexibility index (Phi) is 14.0. The van der Waals surface area contributed by atoms with E-state index in [0.29, 0.717) is 6.42 Å². The topological polar surface area (TPSA) is 37.3 Å². The van der Waals surface area contributed by atoms with Crippen molar-refractivity contribution < 1.29 is 9.90 Å². The van der Waals surface area contributed by atoms with Gasteiger partial charge in [0.1, 0.15) is 0 Å². The standard InChI is InChI=1S/C14H28O2Se/c1-2-3-9-12-17-13-10-7-5-4-6-8-11-14(15)16/h2-13H2,1H3,(H,15,16). The van der Waals surface area contributed by atoms with Crippen LogP contribution in [0.1, 0.15) is 71.1 Å². The van der Waals surface area contributed by atoms with Gasteiger partial charge in [0.2, 0.25) is 0 Å². The number of carboxylic acids is 1. The van der Waals surface area contributed by atoms with Crippen molar-refractivity contribution in [2.45, 2.75) is 81.8 Å². The number of rotatable bonds is 13. The molecule has 0 radical (unpaired) electrons. The van der Waals surface area contributed by atoms with Crippen LogP contribution in [0.4, 0.5) is 0 Å². The molecule has 0 spiro atoms. The Morgan fingerprint density at radius 2 is 1.41 bits per heavy atom. The molecule has 0 aromatic rings. The number of unbranched alkanes of at least 4 members (excludes halogenated alkanes) is 7. The zero-order valence-corrected chi connectivity index (χ0v) is 13.0. The molecule has 0 aliphatic carbocycles. The normalized spacial score (nSPS) is 10.6. The number of aliphatic carboxylic acids is 1. The van der Waals surface area contributed by atoms with Gasteiger partial charge in [0.25, 0.3) is 0 Å². The second-order valence-electron chi connectivity index (χ2n) is 4.58. The first-order chi connectivity index (χ1) is 8.27. The van der Waals surface area contributed by atoms with Crippen molar-refractivity contribution in [1.82, 2.24) is 0 Å². The Morgan fingerprint density at radius 1 is 0.882 bits per heavy atom. The van der Waals surface area contributed by atoms with E-state index in [0.717, 1.165) is 27.8 Å². The first-order valence-electron chi connectivity index (χ1n) is 7.07. The van der Waals surface area contributed by atoms with Gasteiger partial charge in [0.15, 0.2) is 0 Å². The zero-order valence-electron chi connectivity index (χ0n) is 11.2. The Balaban J connectivity index is 2.91. The van der Waals surface area contributed by atoms with E-state index in [-0.39, 0.29) is 0 Å². The first kappa shape index (κ1) is 17.0. The molecule has 0 heterocycles. The molecule has 0 aromatic heterocycles. The van der Waals surface area contributed by atoms with Crippen LogP contribution in [-0.2, 0) is 4.79 Å². The van der Waals surface area contributed by atoms with E-state index in [1.165, 1.54) is 55.6 Å². The fraction of sp³-hybridized carbons (Fsp3) is 0.929. The molecule has 1 N–H and O–H groups in total. The molecular formula is C14H28O2Se. The molecule has 17 heavy (non-hydrogen) atoms. The van der Waals surface area contributed by atoms with Crippen LogP contribution in [0.2, 0.25) is 10.6 Å². The van der Waals surface area contributed by atoms with Gasteiger partial charge < -0.3 is 0 Å². The van der Waals surface area contributed by atoms with Gasteiger partial charge in [-0.15, -0.1) is 0 Å². The maximum absolute atomic E-state index is 10.3. The molecule has 0 unspecified atom stereocenters. The third-order valence-electron chi connectivity index (χ3n) is 2.82. The van der Waals surface area contributed by atoms with Gasteiger partial charge in [-0.05, 0) is 0 Å². The predicted octanol–water partition coefficient (Wildman–Crippen LogP) is 4.53. The van der Waals surface area contributed by atoms with Gasteiger partial charge in [-0.1, -0.05) is 0 Å². The van der Waals surface area contributed by atoms with Crippen LogP contribution >= 0.6 is 0 Å². The fourth-order valence-corrected chi connectivity index (χ4v) is 3.88. The minimum absolute atomic E-state index is 0.348. The van der Waals surface area contributed by atoms with Crippen LogP contribution in [-0.4, -0.2) is 26.0 Å². The fourth-order valence-electron chi connectivity index (χ4n) is 1.74. The Morgan fingerprint density at radius 3 is 2.00 bits per heavy atom. The second-order valence-corrected chi connectivity index (χ2v) is 7.15. The van der Waals surface area contributed by atoms with Crippen molar-refractivity contribution in [3.63, 3.8) is 0 Å². The summed E-state index contributed by atoms with van der Waals surface area (Å²) in [5, 5.41) is 11.4. The van der Waals surface area contributed by atoms with E-state index < -0.39 is 5.97 Å². The van der Waals surface area contributed by atoms with E-state index in [9.17, 15) is 4.79 Å². The average molecular weight is 307 g/mol. The van der Waals surface area contributed by atoms with Gasteiger partial charge in [-0.25, -0.2) is 0 Å². The molecule has 0 rings (SSSR count). The number of carboxylic acid groups (broad SMARTS) is 1. The van der Waals surface area contributed by atoms with Crippen LogP contribution in [0.15, 0.2) is 0 Å². The first-order valence-corrected chi connectivity index (χ1v) is 9.49. The van der Waals surface area contributed by atoms with E-state index in [1.54, 1.807) is 0 Å². The van der Waals surface area contributed by atoms with Gasteiger partial charge in [0.05, 0.1) is 0 Å². The molecule has 0 atom stereocenters. The monoisotopic (exact) mass is 308 g/mol. The van der Waals surface area contributed by atoms with E-state index in [2.05, 4.69) is 6.92 Å². The molecule has 3 heteroatoms. The second kappa shape index (κ2) is 14.1. The summed E-state index contributed by atoms with van der Waals surface area (Å²) in [6.45, 7) is 2.26. The van der Waals surface area contributed by atoms with Crippen LogP contribution in [0.5, 0.6) is 0 Å². The zero-order chi connectivity index (χ0) is 12.8. The summed E-state index contributed by atoms with van der Waals surface area (Å²) in [6.07, 6.45) is 11.7.